The molecule has 130 valence electrons. The van der Waals surface area contributed by atoms with Crippen molar-refractivity contribution < 1.29 is 0 Å². The second-order valence-electron chi connectivity index (χ2n) is 6.71. The Morgan fingerprint density at radius 1 is 1.13 bits per heavy atom. The van der Waals surface area contributed by atoms with Crippen LogP contribution in [0.25, 0.3) is 6.08 Å². The SMILES string of the molecule is CC/C(=C\c1ccccc1)[C@@H]1C[C@H]1N[C@H]1CC[C@H](N)CC1.Cl.Cl. The van der Waals surface area contributed by atoms with Crippen molar-refractivity contribution in [3.63, 3.8) is 0 Å². The molecule has 0 unspecified atom stereocenters. The number of nitrogens with two attached hydrogens (primary N) is 1. The van der Waals surface area contributed by atoms with Crippen molar-refractivity contribution in [3.8, 4) is 0 Å². The van der Waals surface area contributed by atoms with E-state index in [0.717, 1.165) is 12.3 Å². The molecule has 0 aromatic heterocycles. The number of benzene rings is 1. The van der Waals surface area contributed by atoms with Crippen LogP contribution >= 0.6 is 24.8 Å². The van der Waals surface area contributed by atoms with Crippen LogP contribution < -0.4 is 11.1 Å². The lowest BCUT2D eigenvalue weighted by Gasteiger charge is -2.27. The summed E-state index contributed by atoms with van der Waals surface area (Å²) in [7, 11) is 0. The fourth-order valence-corrected chi connectivity index (χ4v) is 3.61. The van der Waals surface area contributed by atoms with Gasteiger partial charge in [0, 0.05) is 18.1 Å². The fourth-order valence-electron chi connectivity index (χ4n) is 3.61. The molecule has 2 saturated carbocycles. The molecule has 0 bridgehead atoms. The van der Waals surface area contributed by atoms with E-state index in [1.54, 1.807) is 5.57 Å². The molecule has 4 heteroatoms. The molecule has 0 saturated heterocycles. The van der Waals surface area contributed by atoms with E-state index < -0.39 is 0 Å². The summed E-state index contributed by atoms with van der Waals surface area (Å²) in [5.74, 6) is 0.755. The van der Waals surface area contributed by atoms with Crippen LogP contribution in [0.1, 0.15) is 51.0 Å². The molecule has 1 aromatic carbocycles. The quantitative estimate of drug-likeness (QED) is 0.810. The molecule has 2 aliphatic carbocycles. The van der Waals surface area contributed by atoms with Crippen molar-refractivity contribution in [1.82, 2.24) is 5.32 Å². The van der Waals surface area contributed by atoms with E-state index in [2.05, 4.69) is 48.6 Å². The molecule has 2 nitrogen and oxygen atoms in total. The molecule has 2 aliphatic rings. The van der Waals surface area contributed by atoms with E-state index in [-0.39, 0.29) is 24.8 Å². The molecule has 3 rings (SSSR count). The number of halogens is 2. The topological polar surface area (TPSA) is 38.0 Å². The minimum atomic E-state index is 0. The van der Waals surface area contributed by atoms with Gasteiger partial charge in [0.2, 0.25) is 0 Å². The van der Waals surface area contributed by atoms with E-state index in [9.17, 15) is 0 Å². The largest absolute Gasteiger partial charge is 0.328 e. The van der Waals surface area contributed by atoms with Gasteiger partial charge in [0.25, 0.3) is 0 Å². The van der Waals surface area contributed by atoms with Gasteiger partial charge in [-0.15, -0.1) is 24.8 Å². The second-order valence-corrected chi connectivity index (χ2v) is 6.71. The predicted molar refractivity (Wildman–Crippen MR) is 104 cm³/mol. The Hall–Kier alpha value is -0.540. The van der Waals surface area contributed by atoms with Gasteiger partial charge in [-0.2, -0.15) is 0 Å². The molecule has 1 aromatic rings. The summed E-state index contributed by atoms with van der Waals surface area (Å²) in [5.41, 5.74) is 8.93. The van der Waals surface area contributed by atoms with E-state index in [1.165, 1.54) is 37.7 Å². The van der Waals surface area contributed by atoms with Crippen LogP contribution in [0.4, 0.5) is 0 Å². The van der Waals surface area contributed by atoms with Crippen LogP contribution in [0.15, 0.2) is 35.9 Å². The Balaban J connectivity index is 0.00000132. The number of hydrogen-bond acceptors (Lipinski definition) is 2. The van der Waals surface area contributed by atoms with Crippen LogP contribution in [0, 0.1) is 5.92 Å². The van der Waals surface area contributed by atoms with Crippen molar-refractivity contribution >= 4 is 30.9 Å². The first-order valence-electron chi connectivity index (χ1n) is 8.53. The van der Waals surface area contributed by atoms with Gasteiger partial charge >= 0.3 is 0 Å². The van der Waals surface area contributed by atoms with Crippen LogP contribution in [0.2, 0.25) is 0 Å². The van der Waals surface area contributed by atoms with E-state index in [0.29, 0.717) is 18.1 Å². The van der Waals surface area contributed by atoms with Gasteiger partial charge in [-0.3, -0.25) is 0 Å². The van der Waals surface area contributed by atoms with Crippen LogP contribution in [-0.4, -0.2) is 18.1 Å². The monoisotopic (exact) mass is 356 g/mol. The summed E-state index contributed by atoms with van der Waals surface area (Å²) in [5, 5.41) is 3.87. The molecular formula is C19H30Cl2N2. The summed E-state index contributed by atoms with van der Waals surface area (Å²) in [6.07, 6.45) is 9.76. The Kier molecular flexibility index (Phi) is 8.63. The summed E-state index contributed by atoms with van der Waals surface area (Å²) >= 11 is 0. The molecule has 3 N–H and O–H groups in total. The van der Waals surface area contributed by atoms with Crippen LogP contribution in [-0.2, 0) is 0 Å². The molecule has 0 amide bonds. The molecule has 23 heavy (non-hydrogen) atoms. The molecular weight excluding hydrogens is 327 g/mol. The summed E-state index contributed by atoms with van der Waals surface area (Å²) in [4.78, 5) is 0. The average molecular weight is 357 g/mol. The van der Waals surface area contributed by atoms with Crippen LogP contribution in [0.3, 0.4) is 0 Å². The Morgan fingerprint density at radius 2 is 1.78 bits per heavy atom. The van der Waals surface area contributed by atoms with Crippen molar-refractivity contribution in [1.29, 1.82) is 0 Å². The van der Waals surface area contributed by atoms with E-state index in [4.69, 9.17) is 5.73 Å². The first kappa shape index (κ1) is 20.5. The summed E-state index contributed by atoms with van der Waals surface area (Å²) < 4.78 is 0. The highest BCUT2D eigenvalue weighted by atomic mass is 35.5. The van der Waals surface area contributed by atoms with Gasteiger partial charge in [0.1, 0.15) is 0 Å². The number of hydrogen-bond donors (Lipinski definition) is 2. The number of nitrogens with one attached hydrogen (secondary N) is 1. The van der Waals surface area contributed by atoms with Gasteiger partial charge in [0.15, 0.2) is 0 Å². The first-order valence-corrected chi connectivity index (χ1v) is 8.53. The maximum absolute atomic E-state index is 5.99. The predicted octanol–water partition coefficient (Wildman–Crippen LogP) is 4.57. The summed E-state index contributed by atoms with van der Waals surface area (Å²) in [6.45, 7) is 2.28. The van der Waals surface area contributed by atoms with Crippen molar-refractivity contribution in [2.24, 2.45) is 11.7 Å². The van der Waals surface area contributed by atoms with Gasteiger partial charge in [0.05, 0.1) is 0 Å². The Labute approximate surface area is 153 Å². The average Bonchev–Trinajstić information content (AvgIpc) is 3.27. The Bertz CT molecular complexity index is 481. The third-order valence-corrected chi connectivity index (χ3v) is 5.05. The zero-order chi connectivity index (χ0) is 14.7. The zero-order valence-electron chi connectivity index (χ0n) is 13.9. The second kappa shape index (κ2) is 9.68. The molecule has 0 aliphatic heterocycles. The highest BCUT2D eigenvalue weighted by Gasteiger charge is 2.40. The smallest absolute Gasteiger partial charge is 0.0142 e. The lowest BCUT2D eigenvalue weighted by molar-refractivity contribution is 0.338. The highest BCUT2D eigenvalue weighted by molar-refractivity contribution is 5.85. The first-order chi connectivity index (χ1) is 10.3. The van der Waals surface area contributed by atoms with Crippen molar-refractivity contribution in [2.75, 3.05) is 0 Å². The molecule has 2 atom stereocenters. The van der Waals surface area contributed by atoms with Crippen LogP contribution in [0.5, 0.6) is 0 Å². The zero-order valence-corrected chi connectivity index (χ0v) is 15.5. The maximum atomic E-state index is 5.99. The third-order valence-electron chi connectivity index (χ3n) is 5.05. The van der Waals surface area contributed by atoms with Gasteiger partial charge in [-0.1, -0.05) is 48.9 Å². The van der Waals surface area contributed by atoms with E-state index >= 15 is 0 Å². The standard InChI is InChI=1S/C19H28N2.2ClH/c1-2-15(12-14-6-4-3-5-7-14)18-13-19(18)21-17-10-8-16(20)9-11-17;;/h3-7,12,16-19,21H,2,8-11,13,20H2,1H3;2*1H/b15-12+;;/t16-,17-,18-,19+;;/m0../s1. The molecule has 0 spiro atoms. The summed E-state index contributed by atoms with van der Waals surface area (Å²) in [6, 6.07) is 12.6. The highest BCUT2D eigenvalue weighted by Crippen LogP contribution is 2.40. The third kappa shape index (κ3) is 5.79. The van der Waals surface area contributed by atoms with E-state index in [1.807, 2.05) is 0 Å². The van der Waals surface area contributed by atoms with Gasteiger partial charge < -0.3 is 11.1 Å². The minimum absolute atomic E-state index is 0. The maximum Gasteiger partial charge on any atom is 0.0142 e. The molecule has 2 fully saturated rings. The Morgan fingerprint density at radius 3 is 2.39 bits per heavy atom. The fraction of sp³-hybridized carbons (Fsp3) is 0.579. The van der Waals surface area contributed by atoms with Crippen molar-refractivity contribution in [2.45, 2.75) is 63.6 Å². The van der Waals surface area contributed by atoms with Gasteiger partial charge in [-0.25, -0.2) is 0 Å². The lowest BCUT2D eigenvalue weighted by Crippen LogP contribution is -2.38. The normalized spacial score (nSPS) is 30.1. The van der Waals surface area contributed by atoms with Gasteiger partial charge in [-0.05, 0) is 50.0 Å². The van der Waals surface area contributed by atoms with Crippen molar-refractivity contribution in [3.05, 3.63) is 41.5 Å². The minimum Gasteiger partial charge on any atom is -0.328 e. The number of rotatable bonds is 5. The lowest BCUT2D eigenvalue weighted by atomic mass is 9.91. The molecule has 0 heterocycles. The molecule has 0 radical (unpaired) electrons.